The molecular formula is C33H33ClN6O6S. The summed E-state index contributed by atoms with van der Waals surface area (Å²) >= 11 is 7.39. The lowest BCUT2D eigenvalue weighted by Gasteiger charge is -2.22. The van der Waals surface area contributed by atoms with Crippen LogP contribution in [0.1, 0.15) is 49.5 Å². The quantitative estimate of drug-likeness (QED) is 0.144. The fourth-order valence-electron chi connectivity index (χ4n) is 4.36. The second kappa shape index (κ2) is 15.5. The molecule has 12 nitrogen and oxygen atoms in total. The average molecular weight is 677 g/mol. The SMILES string of the molecule is COCOc1cc(Cl)ccc1-c1cc(-c2cccc(NC(=O)C[C@@H](C)OC(=O)NC(C)(C)C)c2)c(C#N)c(NC(=O)c2nccs2)n1. The van der Waals surface area contributed by atoms with Gasteiger partial charge in [0, 0.05) is 46.1 Å². The van der Waals surface area contributed by atoms with Gasteiger partial charge in [-0.3, -0.25) is 9.59 Å². The standard InChI is InChI=1S/C33H33ClN6O6S/c1-19(46-32(43)40-33(2,3)4)13-28(41)37-22-8-6-7-20(14-22)24-16-26(23-10-9-21(34)15-27(23)45-18-44-5)38-29(25(24)17-35)39-30(42)31-36-11-12-47-31/h6-12,14-16,19H,13,18H2,1-5H3,(H,37,41)(H,40,43)(H,38,39,42)/t19-/m1/s1. The average Bonchev–Trinajstić information content (AvgIpc) is 3.54. The Morgan fingerprint density at radius 3 is 2.55 bits per heavy atom. The molecule has 0 saturated heterocycles. The van der Waals surface area contributed by atoms with Crippen LogP contribution in [-0.2, 0) is 14.3 Å². The summed E-state index contributed by atoms with van der Waals surface area (Å²) in [7, 11) is 1.48. The van der Waals surface area contributed by atoms with E-state index in [1.807, 2.05) is 20.8 Å². The highest BCUT2D eigenvalue weighted by Gasteiger charge is 2.22. The highest BCUT2D eigenvalue weighted by molar-refractivity contribution is 7.11. The number of carbonyl (C=O) groups excluding carboxylic acids is 3. The van der Waals surface area contributed by atoms with Crippen molar-refractivity contribution in [2.75, 3.05) is 24.5 Å². The number of ether oxygens (including phenoxy) is 3. The normalized spacial score (nSPS) is 11.6. The van der Waals surface area contributed by atoms with Crippen LogP contribution in [0.5, 0.6) is 5.75 Å². The van der Waals surface area contributed by atoms with E-state index in [1.165, 1.54) is 13.3 Å². The Kier molecular flexibility index (Phi) is 11.5. The van der Waals surface area contributed by atoms with Crippen LogP contribution in [0.2, 0.25) is 5.02 Å². The fraction of sp³-hybridized carbons (Fsp3) is 0.273. The van der Waals surface area contributed by atoms with Gasteiger partial charge in [-0.25, -0.2) is 14.8 Å². The first-order chi connectivity index (χ1) is 22.4. The summed E-state index contributed by atoms with van der Waals surface area (Å²) in [5, 5.41) is 20.8. The number of benzene rings is 2. The monoisotopic (exact) mass is 676 g/mol. The van der Waals surface area contributed by atoms with Crippen LogP contribution in [0.3, 0.4) is 0 Å². The summed E-state index contributed by atoms with van der Waals surface area (Å²) in [5.41, 5.74) is 1.90. The van der Waals surface area contributed by atoms with Crippen molar-refractivity contribution in [1.82, 2.24) is 15.3 Å². The number of nitriles is 1. The molecule has 4 aromatic rings. The van der Waals surface area contributed by atoms with Gasteiger partial charge in [-0.15, -0.1) is 11.3 Å². The molecule has 3 amide bonds. The van der Waals surface area contributed by atoms with Gasteiger partial charge in [0.2, 0.25) is 5.91 Å². The summed E-state index contributed by atoms with van der Waals surface area (Å²) in [6.45, 7) is 7.03. The molecule has 0 unspecified atom stereocenters. The number of hydrogen-bond donors (Lipinski definition) is 3. The lowest BCUT2D eigenvalue weighted by Crippen LogP contribution is -2.42. The zero-order valence-electron chi connectivity index (χ0n) is 26.3. The molecule has 0 aliphatic rings. The largest absolute Gasteiger partial charge is 0.467 e. The molecule has 0 bridgehead atoms. The topological polar surface area (TPSA) is 165 Å². The molecule has 0 aliphatic carbocycles. The molecule has 244 valence electrons. The molecule has 0 fully saturated rings. The lowest BCUT2D eigenvalue weighted by atomic mass is 9.97. The van der Waals surface area contributed by atoms with Gasteiger partial charge >= 0.3 is 6.09 Å². The number of nitrogens with zero attached hydrogens (tertiary/aromatic N) is 3. The van der Waals surface area contributed by atoms with Gasteiger partial charge in [0.05, 0.1) is 12.1 Å². The van der Waals surface area contributed by atoms with E-state index in [-0.39, 0.29) is 35.5 Å². The van der Waals surface area contributed by atoms with Crippen molar-refractivity contribution in [1.29, 1.82) is 5.26 Å². The third kappa shape index (κ3) is 9.73. The van der Waals surface area contributed by atoms with Gasteiger partial charge < -0.3 is 30.2 Å². The first-order valence-corrected chi connectivity index (χ1v) is 15.6. The molecule has 0 spiro atoms. The molecule has 0 radical (unpaired) electrons. The number of nitrogens with one attached hydrogen (secondary N) is 3. The lowest BCUT2D eigenvalue weighted by molar-refractivity contribution is -0.117. The number of carbonyl (C=O) groups is 3. The van der Waals surface area contributed by atoms with Gasteiger partial charge in [-0.2, -0.15) is 5.26 Å². The highest BCUT2D eigenvalue weighted by Crippen LogP contribution is 2.38. The molecule has 0 aliphatic heterocycles. The van der Waals surface area contributed by atoms with Crippen molar-refractivity contribution in [2.45, 2.75) is 45.8 Å². The minimum Gasteiger partial charge on any atom is -0.467 e. The number of hydrogen-bond acceptors (Lipinski definition) is 10. The molecule has 4 rings (SSSR count). The minimum absolute atomic E-state index is 0.00165. The number of amides is 3. The predicted molar refractivity (Wildman–Crippen MR) is 179 cm³/mol. The van der Waals surface area contributed by atoms with Gasteiger partial charge in [0.25, 0.3) is 5.91 Å². The fourth-order valence-corrected chi connectivity index (χ4v) is 5.05. The zero-order valence-corrected chi connectivity index (χ0v) is 27.9. The van der Waals surface area contributed by atoms with Gasteiger partial charge in [0.1, 0.15) is 23.5 Å². The van der Waals surface area contributed by atoms with Crippen LogP contribution in [0.4, 0.5) is 16.3 Å². The van der Waals surface area contributed by atoms with E-state index in [0.717, 1.165) is 11.3 Å². The third-order valence-electron chi connectivity index (χ3n) is 6.26. The number of halogens is 1. The predicted octanol–water partition coefficient (Wildman–Crippen LogP) is 6.87. The zero-order chi connectivity index (χ0) is 34.1. The van der Waals surface area contributed by atoms with Crippen LogP contribution >= 0.6 is 22.9 Å². The number of pyridine rings is 1. The molecule has 2 heterocycles. The summed E-state index contributed by atoms with van der Waals surface area (Å²) in [6.07, 6.45) is 0.108. The Morgan fingerprint density at radius 1 is 1.09 bits per heavy atom. The van der Waals surface area contributed by atoms with Gasteiger partial charge in [0.15, 0.2) is 17.6 Å². The minimum atomic E-state index is -0.689. The van der Waals surface area contributed by atoms with Crippen molar-refractivity contribution in [2.24, 2.45) is 0 Å². The maximum absolute atomic E-state index is 13.0. The summed E-state index contributed by atoms with van der Waals surface area (Å²) in [6, 6.07) is 15.7. The van der Waals surface area contributed by atoms with E-state index in [4.69, 9.17) is 25.8 Å². The second-order valence-corrected chi connectivity index (χ2v) is 12.6. The van der Waals surface area contributed by atoms with Crippen LogP contribution in [-0.4, -0.2) is 53.4 Å². The summed E-state index contributed by atoms with van der Waals surface area (Å²) < 4.78 is 16.1. The molecule has 14 heteroatoms. The number of methoxy groups -OCH3 is 1. The number of rotatable bonds is 11. The van der Waals surface area contributed by atoms with Crippen LogP contribution in [0, 0.1) is 11.3 Å². The molecule has 1 atom stereocenters. The van der Waals surface area contributed by atoms with E-state index in [2.05, 4.69) is 32.0 Å². The number of alkyl carbamates (subject to hydrolysis) is 1. The van der Waals surface area contributed by atoms with E-state index in [0.29, 0.717) is 38.8 Å². The Balaban J connectivity index is 1.70. The third-order valence-corrected chi connectivity index (χ3v) is 7.26. The van der Waals surface area contributed by atoms with Crippen molar-refractivity contribution in [3.8, 4) is 34.2 Å². The second-order valence-electron chi connectivity index (χ2n) is 11.3. The Labute approximate surface area is 281 Å². The number of aromatic nitrogens is 2. The van der Waals surface area contributed by atoms with Crippen molar-refractivity contribution >= 4 is 52.4 Å². The molecule has 2 aromatic heterocycles. The van der Waals surface area contributed by atoms with Gasteiger partial charge in [-0.1, -0.05) is 23.7 Å². The van der Waals surface area contributed by atoms with Crippen LogP contribution < -0.4 is 20.7 Å². The van der Waals surface area contributed by atoms with E-state index in [1.54, 1.807) is 60.8 Å². The first-order valence-electron chi connectivity index (χ1n) is 14.3. The summed E-state index contributed by atoms with van der Waals surface area (Å²) in [4.78, 5) is 46.7. The number of anilines is 2. The first kappa shape index (κ1) is 34.8. The molecule has 3 N–H and O–H groups in total. The van der Waals surface area contributed by atoms with Crippen molar-refractivity contribution < 1.29 is 28.6 Å². The Bertz CT molecular complexity index is 1800. The maximum atomic E-state index is 13.0. The van der Waals surface area contributed by atoms with E-state index < -0.39 is 23.6 Å². The molecule has 2 aromatic carbocycles. The Hall–Kier alpha value is -5.03. The maximum Gasteiger partial charge on any atom is 0.407 e. The molecular weight excluding hydrogens is 644 g/mol. The van der Waals surface area contributed by atoms with Crippen LogP contribution in [0.15, 0.2) is 60.1 Å². The van der Waals surface area contributed by atoms with Crippen molar-refractivity contribution in [3.05, 3.63) is 75.7 Å². The summed E-state index contributed by atoms with van der Waals surface area (Å²) in [5.74, 6) is -0.547. The smallest absolute Gasteiger partial charge is 0.407 e. The van der Waals surface area contributed by atoms with Crippen LogP contribution in [0.25, 0.3) is 22.4 Å². The highest BCUT2D eigenvalue weighted by atomic mass is 35.5. The molecule has 47 heavy (non-hydrogen) atoms. The van der Waals surface area contributed by atoms with Crippen molar-refractivity contribution in [3.63, 3.8) is 0 Å². The Morgan fingerprint density at radius 2 is 1.87 bits per heavy atom. The molecule has 0 saturated carbocycles. The van der Waals surface area contributed by atoms with E-state index in [9.17, 15) is 19.6 Å². The van der Waals surface area contributed by atoms with Gasteiger partial charge in [-0.05, 0) is 69.7 Å². The van der Waals surface area contributed by atoms with E-state index >= 15 is 0 Å². The number of thiazole rings is 1.